The Morgan fingerprint density at radius 1 is 0.453 bits per heavy atom. The van der Waals surface area contributed by atoms with E-state index in [1.54, 1.807) is 147 Å². The molecule has 0 saturated carbocycles. The molecule has 1 aromatic carbocycles. The molecule has 0 saturated heterocycles. The average molecular weight is 2180 g/mol. The highest BCUT2D eigenvalue weighted by Gasteiger charge is 2.35. The molecule has 842 valence electrons. The lowest BCUT2D eigenvalue weighted by atomic mass is 9.85. The van der Waals surface area contributed by atoms with Crippen LogP contribution in [0, 0.1) is 59.4 Å². The van der Waals surface area contributed by atoms with Gasteiger partial charge in [-0.2, -0.15) is 4.73 Å². The molecule has 7 rings (SSSR count). The highest BCUT2D eigenvalue weighted by Crippen LogP contribution is 2.48. The molecule has 0 spiro atoms. The molecule has 7 aromatic rings. The van der Waals surface area contributed by atoms with Gasteiger partial charge in [-0.15, -0.1) is 0 Å². The summed E-state index contributed by atoms with van der Waals surface area (Å²) >= 11 is 0. The van der Waals surface area contributed by atoms with Crippen molar-refractivity contribution in [3.8, 4) is 11.5 Å². The number of carboxylic acid groups (broad SMARTS) is 2. The molecule has 2 unspecified atom stereocenters. The van der Waals surface area contributed by atoms with Gasteiger partial charge in [0.2, 0.25) is 36.0 Å². The number of carboxylic acids is 2. The molecule has 0 radical (unpaired) electrons. The smallest absolute Gasteiger partial charge is 0.374 e. The number of nitrogens with one attached hydrogen (secondary N) is 2. The van der Waals surface area contributed by atoms with Crippen LogP contribution in [0.15, 0.2) is 129 Å². The second kappa shape index (κ2) is 60.6. The van der Waals surface area contributed by atoms with Crippen LogP contribution < -0.4 is 37.2 Å². The largest absolute Gasteiger partial charge is 0.618 e. The second-order valence-electron chi connectivity index (χ2n) is 47.0. The standard InChI is InChI=1S/C15H26NO2P.C13H18N2O3.C13H17NO3.C12H20NO2P.C11H15NO2.C10H16NO3P.C10H12O4.C10H21O2P.C8H15NO3.C8H14O4/c1-6-19(18,7-2)12-14-10-8-9-13(16(14)17)11-15(3,4)5;1-13(2,3)10(16)8-6-7-9(11(17)14-4)15(5)12(8)18;1-13(2,3)11(16)8-6-5-7-9(10(8)15)12(17)14-4;1-5-16(14,15)11-8-6-7-10(13-11)9-12(2,3)4;1-11(2,3)7-8-5-4-6-9(12-8)10(13)14;1-10(2,3)7-8-5-4-6-9(11-8)15(12,13)14;1-10(2,3)9(13)8-7(12)6(11)4-5-14-8;1-6-13(12,7-2)8-9(11)10(3,4)5;1-6(10)9(12)5-7(11)8(2,3)4;1-8(2,3)6(10)4-5(9)7(11)12/h8-10H,6-7,11-12H2,1-5H3;6-7H,1-5H3,(H,14,17);5-7,15H,1-4H3,(H,14,17);6-8H,5,9H2,1-4H3,(H,14,15);4-6H,7H2,1-3H3,(H,13,14);4-6H,7H2,1-3H3,(H2,12,13,14);4-5,12H,1-3H3;6-8H2,1-5H3;12H,5H2,1-4H3;5,9H,4H2,1-3H3,(H,11,12). The van der Waals surface area contributed by atoms with Crippen LogP contribution in [0.3, 0.4) is 0 Å². The number of carbonyl (C=O) groups excluding carboxylic acids is 9. The lowest BCUT2D eigenvalue weighted by molar-refractivity contribution is -0.622. The summed E-state index contributed by atoms with van der Waals surface area (Å²) < 4.78 is 54.3. The number of amides is 3. The monoisotopic (exact) mass is 2180 g/mol. The van der Waals surface area contributed by atoms with E-state index in [-0.39, 0.29) is 132 Å². The predicted molar refractivity (Wildman–Crippen MR) is 591 cm³/mol. The minimum absolute atomic E-state index is 0.0561. The number of hydrogen-bond acceptors (Lipinski definition) is 26. The van der Waals surface area contributed by atoms with E-state index in [4.69, 9.17) is 34.7 Å². The Balaban J connectivity index is -0.00000161. The van der Waals surface area contributed by atoms with Gasteiger partial charge in [0.05, 0.1) is 49.6 Å². The lowest BCUT2D eigenvalue weighted by Crippen LogP contribution is -2.38. The molecule has 11 N–H and O–H groups in total. The van der Waals surface area contributed by atoms with E-state index in [9.17, 15) is 101 Å². The number of carbonyl (C=O) groups is 11. The number of phenolic OH excluding ortho intramolecular Hbond substituents is 1. The Kier molecular flexibility index (Phi) is 57.9. The zero-order valence-electron chi connectivity index (χ0n) is 96.0. The van der Waals surface area contributed by atoms with E-state index in [1.807, 2.05) is 78.8 Å². The zero-order valence-corrected chi connectivity index (χ0v) is 99.6. The molecular formula is C110H174N8O28P4. The van der Waals surface area contributed by atoms with E-state index in [2.05, 4.69) is 109 Å². The van der Waals surface area contributed by atoms with Gasteiger partial charge in [-0.1, -0.05) is 267 Å². The van der Waals surface area contributed by atoms with Gasteiger partial charge in [-0.3, -0.25) is 67.1 Å². The number of para-hydroxylation sites is 1. The van der Waals surface area contributed by atoms with E-state index < -0.39 is 109 Å². The molecule has 0 bridgehead atoms. The van der Waals surface area contributed by atoms with Crippen molar-refractivity contribution in [3.63, 3.8) is 0 Å². The summed E-state index contributed by atoms with van der Waals surface area (Å²) in [5.41, 5.74) is 0.748. The molecule has 150 heavy (non-hydrogen) atoms. The van der Waals surface area contributed by atoms with Crippen LogP contribution in [0.4, 0.5) is 0 Å². The number of aliphatic hydroxyl groups excluding tert-OH is 1. The van der Waals surface area contributed by atoms with Crippen molar-refractivity contribution in [2.45, 2.75) is 294 Å². The van der Waals surface area contributed by atoms with Crippen LogP contribution in [0.1, 0.15) is 347 Å². The maximum atomic E-state index is 12.5. The lowest BCUT2D eigenvalue weighted by Gasteiger charge is -2.20. The van der Waals surface area contributed by atoms with E-state index >= 15 is 0 Å². The van der Waals surface area contributed by atoms with Crippen LogP contribution in [-0.4, -0.2) is 198 Å². The number of aromatic hydroxyl groups is 2. The maximum absolute atomic E-state index is 12.5. The van der Waals surface area contributed by atoms with Crippen LogP contribution in [-0.2, 0) is 81.1 Å². The number of ketones is 6. The minimum Gasteiger partial charge on any atom is -0.618 e. The highest BCUT2D eigenvalue weighted by molar-refractivity contribution is 7.65. The topological polar surface area (TPSA) is 583 Å². The van der Waals surface area contributed by atoms with Crippen molar-refractivity contribution >= 4 is 104 Å². The first-order valence-electron chi connectivity index (χ1n) is 49.3. The summed E-state index contributed by atoms with van der Waals surface area (Å²) in [6.07, 6.45) is 5.77. The number of Topliss-reactive ketones (excluding diaryl/α,β-unsaturated/α-hetero) is 6. The van der Waals surface area contributed by atoms with E-state index in [1.165, 1.54) is 69.0 Å². The fourth-order valence-corrected chi connectivity index (χ4v) is 17.1. The number of aromatic carboxylic acids is 1. The summed E-state index contributed by atoms with van der Waals surface area (Å²) in [6.45, 7) is 67.1. The third kappa shape index (κ3) is 55.0. The maximum Gasteiger partial charge on any atom is 0.374 e. The molecule has 2 atom stereocenters. The molecule has 0 fully saturated rings. The number of hydroxylamine groups is 2. The number of aromatic nitrogens is 5. The Morgan fingerprint density at radius 3 is 1.22 bits per heavy atom. The van der Waals surface area contributed by atoms with Crippen molar-refractivity contribution in [3.05, 3.63) is 204 Å². The molecule has 6 heterocycles. The Hall–Kier alpha value is -10.8. The fourth-order valence-electron chi connectivity index (χ4n) is 12.0. The molecule has 6 aromatic heterocycles. The number of rotatable bonds is 26. The van der Waals surface area contributed by atoms with E-state index in [0.29, 0.717) is 59.1 Å². The molecule has 0 aliphatic carbocycles. The SMILES string of the molecule is CC(=O)N(O)CC(=O)C(C)(C)C.CC(C)(C)C(=O)CC(O)C(=O)O.CC(C)(C)C(=O)c1occc(=O)c1O.CC(C)(C)Cc1cccc(C(=O)O)n1.CC(C)(C)Cc1cccc(P(=O)(O)O)n1.CCP(=O)(CC)CC(=O)C(C)(C)C.CCP(=O)(CC)Cc1cccc(CC(C)(C)C)[n+]1[O-].CCP(=O)(O)c1cccc(CC(C)(C)C)n1.CNC(=O)c1ccc(C(=O)C(C)(C)C)c(=O)n1C.CNC(=O)c1cccc(C(=O)C(C)(C)C)c1O. The van der Waals surface area contributed by atoms with Gasteiger partial charge < -0.3 is 74.2 Å². The number of benzene rings is 1. The van der Waals surface area contributed by atoms with Crippen LogP contribution >= 0.6 is 29.2 Å². The van der Waals surface area contributed by atoms with Gasteiger partial charge in [0.1, 0.15) is 40.7 Å². The van der Waals surface area contributed by atoms with Crippen molar-refractivity contribution < 1.29 is 126 Å². The van der Waals surface area contributed by atoms with E-state index in [0.717, 1.165) is 53.4 Å². The molecular weight excluding hydrogens is 2010 g/mol. The van der Waals surface area contributed by atoms with Gasteiger partial charge in [-0.25, -0.2) is 29.6 Å². The highest BCUT2D eigenvalue weighted by atomic mass is 31.2. The molecule has 40 heteroatoms. The molecule has 0 aliphatic rings. The number of phenols is 1. The normalized spacial score (nSPS) is 12.4. The summed E-state index contributed by atoms with van der Waals surface area (Å²) in [6, 6.07) is 29.3. The van der Waals surface area contributed by atoms with Gasteiger partial charge in [-0.05, 0) is 132 Å². The van der Waals surface area contributed by atoms with Crippen LogP contribution in [0.25, 0.3) is 0 Å². The van der Waals surface area contributed by atoms with Crippen LogP contribution in [0.2, 0.25) is 0 Å². The fraction of sp³-hybridized carbons (Fsp3) is 0.573. The predicted octanol–water partition coefficient (Wildman–Crippen LogP) is 19.0. The third-order valence-corrected chi connectivity index (χ3v) is 30.6. The van der Waals surface area contributed by atoms with Crippen molar-refractivity contribution in [1.82, 2.24) is 35.2 Å². The average Bonchev–Trinajstić information content (AvgIpc) is 0.789. The molecule has 0 aliphatic heterocycles. The third-order valence-electron chi connectivity index (χ3n) is 21.5. The number of aliphatic hydroxyl groups is 1. The first kappa shape index (κ1) is 143. The first-order chi connectivity index (χ1) is 67.6. The minimum atomic E-state index is -4.22. The number of nitrogens with zero attached hydrogens (tertiary/aromatic N) is 6. The van der Waals surface area contributed by atoms with Gasteiger partial charge >= 0.3 is 19.5 Å². The van der Waals surface area contributed by atoms with Crippen LogP contribution in [0.5, 0.6) is 11.5 Å². The Morgan fingerprint density at radius 2 is 0.840 bits per heavy atom. The Labute approximate surface area is 887 Å². The van der Waals surface area contributed by atoms with Gasteiger partial charge in [0.15, 0.2) is 40.3 Å². The molecule has 3 amide bonds. The summed E-state index contributed by atoms with van der Waals surface area (Å²) in [4.78, 5) is 187. The first-order valence-corrected chi connectivity index (χ1v) is 57.3. The second-order valence-corrected chi connectivity index (χ2v) is 58.5. The van der Waals surface area contributed by atoms with Gasteiger partial charge in [0.25, 0.3) is 17.4 Å². The molecule has 36 nitrogen and oxygen atoms in total. The summed E-state index contributed by atoms with van der Waals surface area (Å²) in [5, 5.41) is 71.7. The number of aliphatic carboxylic acids is 1. The van der Waals surface area contributed by atoms with Crippen molar-refractivity contribution in [1.29, 1.82) is 0 Å². The quantitative estimate of drug-likeness (QED) is 0.00599. The summed E-state index contributed by atoms with van der Waals surface area (Å²) in [7, 11) is -7.42. The van der Waals surface area contributed by atoms with Gasteiger partial charge in [0, 0.05) is 115 Å². The zero-order chi connectivity index (χ0) is 118. The Bertz CT molecular complexity index is 5960. The number of hydrogen-bond donors (Lipinski definition) is 11. The number of pyridine rings is 5. The van der Waals surface area contributed by atoms with Crippen molar-refractivity contribution in [2.75, 3.05) is 57.6 Å². The summed E-state index contributed by atoms with van der Waals surface area (Å²) in [5.74, 6) is -5.88. The van der Waals surface area contributed by atoms with Crippen molar-refractivity contribution in [2.24, 2.45) is 61.2 Å².